The Bertz CT molecular complexity index is 286. The van der Waals surface area contributed by atoms with E-state index in [4.69, 9.17) is 0 Å². The molecule has 0 atom stereocenters. The first-order chi connectivity index (χ1) is 8.10. The van der Waals surface area contributed by atoms with E-state index in [0.29, 0.717) is 6.54 Å². The van der Waals surface area contributed by atoms with Crippen LogP contribution in [0.1, 0.15) is 38.5 Å². The van der Waals surface area contributed by atoms with Crippen molar-refractivity contribution >= 4 is 5.91 Å². The van der Waals surface area contributed by atoms with Gasteiger partial charge in [-0.1, -0.05) is 25.7 Å². The monoisotopic (exact) mass is 237 g/mol. The number of hydrogen-bond donors (Lipinski definition) is 1. The number of likely N-dealkylation sites (N-methyl/N-ethyl adjacent to an activating group) is 1. The van der Waals surface area contributed by atoms with Crippen LogP contribution in [0.25, 0.3) is 0 Å². The molecule has 0 aromatic carbocycles. The zero-order chi connectivity index (χ0) is 12.7. The molecule has 1 aliphatic carbocycles. The van der Waals surface area contributed by atoms with E-state index in [1.54, 1.807) is 0 Å². The summed E-state index contributed by atoms with van der Waals surface area (Å²) in [6.07, 6.45) is 5.72. The second kappa shape index (κ2) is 6.61. The Balaban J connectivity index is 2.53. The maximum Gasteiger partial charge on any atom is 0.240 e. The average molecular weight is 237 g/mol. The van der Waals surface area contributed by atoms with Crippen LogP contribution in [0.5, 0.6) is 0 Å². The van der Waals surface area contributed by atoms with E-state index in [0.717, 1.165) is 45.1 Å². The minimum atomic E-state index is -0.761. The van der Waals surface area contributed by atoms with Gasteiger partial charge in [-0.3, -0.25) is 4.79 Å². The van der Waals surface area contributed by atoms with Gasteiger partial charge in [-0.2, -0.15) is 5.26 Å². The van der Waals surface area contributed by atoms with E-state index < -0.39 is 5.41 Å². The van der Waals surface area contributed by atoms with E-state index >= 15 is 0 Å². The topological polar surface area (TPSA) is 56.1 Å². The van der Waals surface area contributed by atoms with Gasteiger partial charge in [0.05, 0.1) is 6.07 Å². The number of carbonyl (C=O) groups is 1. The lowest BCUT2D eigenvalue weighted by molar-refractivity contribution is -0.128. The molecule has 0 aromatic heterocycles. The van der Waals surface area contributed by atoms with Crippen LogP contribution in [0.3, 0.4) is 0 Å². The van der Waals surface area contributed by atoms with Gasteiger partial charge in [0, 0.05) is 13.1 Å². The van der Waals surface area contributed by atoms with Crippen LogP contribution in [0.15, 0.2) is 0 Å². The molecule has 4 heteroatoms. The van der Waals surface area contributed by atoms with Gasteiger partial charge in [0.2, 0.25) is 5.91 Å². The summed E-state index contributed by atoms with van der Waals surface area (Å²) in [4.78, 5) is 14.2. The fourth-order valence-electron chi connectivity index (χ4n) is 2.28. The molecule has 4 nitrogen and oxygen atoms in total. The average Bonchev–Trinajstić information content (AvgIpc) is 2.54. The van der Waals surface area contributed by atoms with Gasteiger partial charge in [0.1, 0.15) is 5.41 Å². The number of nitrogens with one attached hydrogen (secondary N) is 1. The fraction of sp³-hybridized carbons (Fsp3) is 0.846. The summed E-state index contributed by atoms with van der Waals surface area (Å²) >= 11 is 0. The second-order valence-electron chi connectivity index (χ2n) is 5.17. The highest BCUT2D eigenvalue weighted by Gasteiger charge is 2.38. The molecule has 17 heavy (non-hydrogen) atoms. The third-order valence-corrected chi connectivity index (χ3v) is 3.45. The maximum absolute atomic E-state index is 12.1. The first kappa shape index (κ1) is 14.0. The Morgan fingerprint density at radius 1 is 1.29 bits per heavy atom. The lowest BCUT2D eigenvalue weighted by atomic mass is 9.81. The second-order valence-corrected chi connectivity index (χ2v) is 5.17. The smallest absolute Gasteiger partial charge is 0.240 e. The molecule has 0 bridgehead atoms. The fourth-order valence-corrected chi connectivity index (χ4v) is 2.28. The minimum Gasteiger partial charge on any atom is -0.353 e. The van der Waals surface area contributed by atoms with Crippen molar-refractivity contribution in [2.45, 2.75) is 38.5 Å². The Morgan fingerprint density at radius 3 is 2.35 bits per heavy atom. The molecule has 0 radical (unpaired) electrons. The number of nitriles is 1. The number of amides is 1. The summed E-state index contributed by atoms with van der Waals surface area (Å²) in [7, 11) is 3.94. The van der Waals surface area contributed by atoms with Crippen LogP contribution in [0, 0.1) is 16.7 Å². The van der Waals surface area contributed by atoms with E-state index in [1.165, 1.54) is 0 Å². The largest absolute Gasteiger partial charge is 0.353 e. The van der Waals surface area contributed by atoms with Crippen molar-refractivity contribution in [3.63, 3.8) is 0 Å². The summed E-state index contributed by atoms with van der Waals surface area (Å²) in [6, 6.07) is 2.27. The van der Waals surface area contributed by atoms with Gasteiger partial charge in [-0.25, -0.2) is 0 Å². The number of rotatable bonds is 4. The van der Waals surface area contributed by atoms with Crippen molar-refractivity contribution in [1.29, 1.82) is 5.26 Å². The summed E-state index contributed by atoms with van der Waals surface area (Å²) < 4.78 is 0. The standard InChI is InChI=1S/C13H23N3O/c1-16(2)10-9-15-12(17)13(11-14)7-5-3-4-6-8-13/h3-10H2,1-2H3,(H,15,17). The number of nitrogens with zero attached hydrogens (tertiary/aromatic N) is 2. The van der Waals surface area contributed by atoms with Crippen molar-refractivity contribution in [3.05, 3.63) is 0 Å². The summed E-state index contributed by atoms with van der Waals surface area (Å²) in [5.41, 5.74) is -0.761. The van der Waals surface area contributed by atoms with E-state index in [-0.39, 0.29) is 5.91 Å². The first-order valence-electron chi connectivity index (χ1n) is 6.45. The highest BCUT2D eigenvalue weighted by Crippen LogP contribution is 2.34. The number of hydrogen-bond acceptors (Lipinski definition) is 3. The molecule has 1 saturated carbocycles. The molecule has 1 N–H and O–H groups in total. The summed E-state index contributed by atoms with van der Waals surface area (Å²) in [5.74, 6) is -0.0660. The van der Waals surface area contributed by atoms with Crippen molar-refractivity contribution in [3.8, 4) is 6.07 Å². The Morgan fingerprint density at radius 2 is 1.88 bits per heavy atom. The van der Waals surface area contributed by atoms with E-state index in [1.807, 2.05) is 19.0 Å². The van der Waals surface area contributed by atoms with Gasteiger partial charge in [-0.05, 0) is 26.9 Å². The van der Waals surface area contributed by atoms with Gasteiger partial charge in [-0.15, -0.1) is 0 Å². The zero-order valence-corrected chi connectivity index (χ0v) is 11.0. The molecule has 0 unspecified atom stereocenters. The zero-order valence-electron chi connectivity index (χ0n) is 11.0. The third kappa shape index (κ3) is 4.01. The summed E-state index contributed by atoms with van der Waals surface area (Å²) in [6.45, 7) is 1.43. The SMILES string of the molecule is CN(C)CCNC(=O)C1(C#N)CCCCCC1. The lowest BCUT2D eigenvalue weighted by Gasteiger charge is -2.24. The Kier molecular flexibility index (Phi) is 5.43. The normalized spacial score (nSPS) is 19.4. The van der Waals surface area contributed by atoms with Crippen LogP contribution in [-0.4, -0.2) is 38.0 Å². The predicted molar refractivity (Wildman–Crippen MR) is 67.3 cm³/mol. The molecule has 1 rings (SSSR count). The minimum absolute atomic E-state index is 0.0660. The molecule has 96 valence electrons. The van der Waals surface area contributed by atoms with Crippen LogP contribution in [0.4, 0.5) is 0 Å². The highest BCUT2D eigenvalue weighted by atomic mass is 16.2. The lowest BCUT2D eigenvalue weighted by Crippen LogP contribution is -2.42. The predicted octanol–water partition coefficient (Wildman–Crippen LogP) is 1.53. The molecule has 0 aliphatic heterocycles. The van der Waals surface area contributed by atoms with E-state index in [2.05, 4.69) is 11.4 Å². The molecule has 0 spiro atoms. The third-order valence-electron chi connectivity index (χ3n) is 3.45. The molecule has 1 fully saturated rings. The van der Waals surface area contributed by atoms with Crippen LogP contribution >= 0.6 is 0 Å². The molecule has 1 aliphatic rings. The van der Waals surface area contributed by atoms with Crippen molar-refractivity contribution in [2.24, 2.45) is 5.41 Å². The quantitative estimate of drug-likeness (QED) is 0.754. The Labute approximate surface area is 104 Å². The first-order valence-corrected chi connectivity index (χ1v) is 6.45. The molecule has 0 heterocycles. The molecular weight excluding hydrogens is 214 g/mol. The molecule has 1 amide bonds. The van der Waals surface area contributed by atoms with Gasteiger partial charge < -0.3 is 10.2 Å². The van der Waals surface area contributed by atoms with Crippen molar-refractivity contribution in [2.75, 3.05) is 27.2 Å². The van der Waals surface area contributed by atoms with Gasteiger partial charge in [0.25, 0.3) is 0 Å². The molecular formula is C13H23N3O. The van der Waals surface area contributed by atoms with Gasteiger partial charge >= 0.3 is 0 Å². The summed E-state index contributed by atoms with van der Waals surface area (Å²) in [5, 5.41) is 12.2. The maximum atomic E-state index is 12.1. The Hall–Kier alpha value is -1.08. The van der Waals surface area contributed by atoms with Crippen LogP contribution in [-0.2, 0) is 4.79 Å². The van der Waals surface area contributed by atoms with E-state index in [9.17, 15) is 10.1 Å². The van der Waals surface area contributed by atoms with Crippen LogP contribution < -0.4 is 5.32 Å². The molecule has 0 saturated heterocycles. The van der Waals surface area contributed by atoms with Crippen molar-refractivity contribution < 1.29 is 4.79 Å². The van der Waals surface area contributed by atoms with Gasteiger partial charge in [0.15, 0.2) is 0 Å². The highest BCUT2D eigenvalue weighted by molar-refractivity contribution is 5.85. The van der Waals surface area contributed by atoms with Crippen LogP contribution in [0.2, 0.25) is 0 Å². The molecule has 0 aromatic rings. The number of carbonyl (C=O) groups excluding carboxylic acids is 1. The van der Waals surface area contributed by atoms with Crippen molar-refractivity contribution in [1.82, 2.24) is 10.2 Å².